The molecule has 3 heteroatoms. The average molecular weight is 261 g/mol. The number of carbonyl (C=O) groups is 1. The number of ether oxygens (including phenoxy) is 1. The maximum Gasteiger partial charge on any atom is 0.253 e. The third-order valence-corrected chi connectivity index (χ3v) is 4.20. The first-order valence-electron chi connectivity index (χ1n) is 7.04. The fourth-order valence-electron chi connectivity index (χ4n) is 2.98. The zero-order valence-corrected chi connectivity index (χ0v) is 12.1. The Morgan fingerprint density at radius 2 is 2.05 bits per heavy atom. The van der Waals surface area contributed by atoms with Gasteiger partial charge < -0.3 is 9.64 Å². The molecule has 1 amide bonds. The maximum atomic E-state index is 12.5. The van der Waals surface area contributed by atoms with E-state index in [9.17, 15) is 4.79 Å². The summed E-state index contributed by atoms with van der Waals surface area (Å²) in [6, 6.07) is 7.76. The molecule has 3 nitrogen and oxygen atoms in total. The first-order chi connectivity index (χ1) is 9.13. The number of hydrogen-bond donors (Lipinski definition) is 0. The third kappa shape index (κ3) is 3.09. The molecule has 104 valence electrons. The second-order valence-corrected chi connectivity index (χ2v) is 5.48. The van der Waals surface area contributed by atoms with Crippen molar-refractivity contribution in [1.29, 1.82) is 0 Å². The fourth-order valence-corrected chi connectivity index (χ4v) is 2.98. The van der Waals surface area contributed by atoms with Gasteiger partial charge in [-0.25, -0.2) is 0 Å². The fraction of sp³-hybridized carbons (Fsp3) is 0.562. The van der Waals surface area contributed by atoms with Gasteiger partial charge in [0.25, 0.3) is 5.91 Å². The normalized spacial score (nSPS) is 22.9. The predicted molar refractivity (Wildman–Crippen MR) is 76.5 cm³/mol. The number of rotatable bonds is 3. The van der Waals surface area contributed by atoms with Gasteiger partial charge in [-0.2, -0.15) is 0 Å². The molecule has 0 saturated heterocycles. The summed E-state index contributed by atoms with van der Waals surface area (Å²) in [7, 11) is 3.55. The summed E-state index contributed by atoms with van der Waals surface area (Å²) in [6.45, 7) is 2.25. The van der Waals surface area contributed by atoms with Crippen molar-refractivity contribution in [2.24, 2.45) is 5.92 Å². The van der Waals surface area contributed by atoms with E-state index in [1.165, 1.54) is 19.3 Å². The van der Waals surface area contributed by atoms with Crippen LogP contribution in [0.1, 0.15) is 43.0 Å². The Labute approximate surface area is 115 Å². The molecule has 1 aliphatic carbocycles. The zero-order chi connectivity index (χ0) is 13.8. The van der Waals surface area contributed by atoms with Crippen LogP contribution in [0.5, 0.6) is 5.75 Å². The van der Waals surface area contributed by atoms with Crippen LogP contribution in [0.25, 0.3) is 0 Å². The highest BCUT2D eigenvalue weighted by Crippen LogP contribution is 2.28. The molecular formula is C16H23NO2. The molecule has 2 rings (SSSR count). The summed E-state index contributed by atoms with van der Waals surface area (Å²) in [5.41, 5.74) is 0.708. The van der Waals surface area contributed by atoms with Crippen LogP contribution in [0.4, 0.5) is 0 Å². The smallest absolute Gasteiger partial charge is 0.253 e. The molecule has 19 heavy (non-hydrogen) atoms. The van der Waals surface area contributed by atoms with E-state index in [1.54, 1.807) is 7.11 Å². The van der Waals surface area contributed by atoms with Gasteiger partial charge in [0.05, 0.1) is 7.11 Å². The maximum absolute atomic E-state index is 12.5. The highest BCUT2D eigenvalue weighted by molar-refractivity contribution is 5.94. The lowest BCUT2D eigenvalue weighted by Crippen LogP contribution is -2.42. The van der Waals surface area contributed by atoms with Gasteiger partial charge in [0, 0.05) is 18.7 Å². The highest BCUT2D eigenvalue weighted by Gasteiger charge is 2.28. The largest absolute Gasteiger partial charge is 0.497 e. The van der Waals surface area contributed by atoms with Gasteiger partial charge in [0.2, 0.25) is 0 Å². The van der Waals surface area contributed by atoms with Crippen LogP contribution in [0.2, 0.25) is 0 Å². The van der Waals surface area contributed by atoms with Crippen molar-refractivity contribution >= 4 is 5.91 Å². The van der Waals surface area contributed by atoms with Crippen LogP contribution in [-0.4, -0.2) is 31.0 Å². The molecule has 2 unspecified atom stereocenters. The summed E-state index contributed by atoms with van der Waals surface area (Å²) in [5.74, 6) is 1.42. The SMILES string of the molecule is COc1cccc(C(=O)N(C)C2CCCCC2C)c1. The topological polar surface area (TPSA) is 29.5 Å². The van der Waals surface area contributed by atoms with E-state index < -0.39 is 0 Å². The summed E-state index contributed by atoms with van der Waals surface area (Å²) in [6.07, 6.45) is 4.86. The molecule has 0 aliphatic heterocycles. The summed E-state index contributed by atoms with van der Waals surface area (Å²) in [5, 5.41) is 0. The molecule has 0 spiro atoms. The van der Waals surface area contributed by atoms with Crippen LogP contribution >= 0.6 is 0 Å². The van der Waals surface area contributed by atoms with Gasteiger partial charge in [-0.1, -0.05) is 25.8 Å². The van der Waals surface area contributed by atoms with Crippen LogP contribution in [0.3, 0.4) is 0 Å². The molecule has 0 bridgehead atoms. The van der Waals surface area contributed by atoms with Crippen molar-refractivity contribution in [1.82, 2.24) is 4.90 Å². The molecule has 0 N–H and O–H groups in total. The number of amides is 1. The molecule has 1 aromatic carbocycles. The van der Waals surface area contributed by atoms with E-state index in [0.717, 1.165) is 12.2 Å². The molecule has 0 heterocycles. The lowest BCUT2D eigenvalue weighted by atomic mass is 9.85. The van der Waals surface area contributed by atoms with Gasteiger partial charge in [0.15, 0.2) is 0 Å². The van der Waals surface area contributed by atoms with Gasteiger partial charge in [-0.3, -0.25) is 4.79 Å². The second kappa shape index (κ2) is 6.09. The summed E-state index contributed by atoms with van der Waals surface area (Å²) >= 11 is 0. The van der Waals surface area contributed by atoms with Crippen molar-refractivity contribution in [3.05, 3.63) is 29.8 Å². The first kappa shape index (κ1) is 13.9. The van der Waals surface area contributed by atoms with Gasteiger partial charge in [-0.15, -0.1) is 0 Å². The molecular weight excluding hydrogens is 238 g/mol. The van der Waals surface area contributed by atoms with E-state index in [0.29, 0.717) is 17.5 Å². The van der Waals surface area contributed by atoms with Crippen LogP contribution < -0.4 is 4.74 Å². The zero-order valence-electron chi connectivity index (χ0n) is 12.1. The van der Waals surface area contributed by atoms with E-state index in [1.807, 2.05) is 36.2 Å². The number of methoxy groups -OCH3 is 1. The minimum atomic E-state index is 0.0950. The van der Waals surface area contributed by atoms with Crippen LogP contribution in [-0.2, 0) is 0 Å². The van der Waals surface area contributed by atoms with E-state index in [4.69, 9.17) is 4.74 Å². The highest BCUT2D eigenvalue weighted by atomic mass is 16.5. The average Bonchev–Trinajstić information content (AvgIpc) is 2.46. The quantitative estimate of drug-likeness (QED) is 0.835. The van der Waals surface area contributed by atoms with Gasteiger partial charge >= 0.3 is 0 Å². The third-order valence-electron chi connectivity index (χ3n) is 4.20. The Morgan fingerprint density at radius 1 is 1.32 bits per heavy atom. The number of carbonyl (C=O) groups excluding carboxylic acids is 1. The molecule has 1 aromatic rings. The summed E-state index contributed by atoms with van der Waals surface area (Å²) < 4.78 is 5.18. The lowest BCUT2D eigenvalue weighted by molar-refractivity contribution is 0.0628. The Kier molecular flexibility index (Phi) is 4.46. The monoisotopic (exact) mass is 261 g/mol. The number of benzene rings is 1. The van der Waals surface area contributed by atoms with Gasteiger partial charge in [0.1, 0.15) is 5.75 Å². The first-order valence-corrected chi connectivity index (χ1v) is 7.04. The van der Waals surface area contributed by atoms with Crippen molar-refractivity contribution in [2.45, 2.75) is 38.6 Å². The van der Waals surface area contributed by atoms with Gasteiger partial charge in [-0.05, 0) is 37.0 Å². The van der Waals surface area contributed by atoms with E-state index >= 15 is 0 Å². The Hall–Kier alpha value is -1.51. The van der Waals surface area contributed by atoms with E-state index in [-0.39, 0.29) is 5.91 Å². The molecule has 1 saturated carbocycles. The van der Waals surface area contributed by atoms with Crippen molar-refractivity contribution in [3.8, 4) is 5.75 Å². The Morgan fingerprint density at radius 3 is 2.74 bits per heavy atom. The summed E-state index contributed by atoms with van der Waals surface area (Å²) in [4.78, 5) is 14.4. The Balaban J connectivity index is 2.13. The molecule has 1 aliphatic rings. The number of hydrogen-bond acceptors (Lipinski definition) is 2. The second-order valence-electron chi connectivity index (χ2n) is 5.48. The van der Waals surface area contributed by atoms with Crippen molar-refractivity contribution in [3.63, 3.8) is 0 Å². The van der Waals surface area contributed by atoms with Crippen molar-refractivity contribution < 1.29 is 9.53 Å². The van der Waals surface area contributed by atoms with Crippen LogP contribution in [0.15, 0.2) is 24.3 Å². The minimum Gasteiger partial charge on any atom is -0.497 e. The van der Waals surface area contributed by atoms with E-state index in [2.05, 4.69) is 6.92 Å². The number of nitrogens with zero attached hydrogens (tertiary/aromatic N) is 1. The Bertz CT molecular complexity index is 444. The minimum absolute atomic E-state index is 0.0950. The van der Waals surface area contributed by atoms with Crippen LogP contribution in [0, 0.1) is 5.92 Å². The lowest BCUT2D eigenvalue weighted by Gasteiger charge is -2.36. The molecule has 1 fully saturated rings. The standard InChI is InChI=1S/C16H23NO2/c1-12-7-4-5-10-15(12)17(2)16(18)13-8-6-9-14(11-13)19-3/h6,8-9,11-12,15H,4-5,7,10H2,1-3H3. The predicted octanol–water partition coefficient (Wildman–Crippen LogP) is 3.35. The molecule has 0 radical (unpaired) electrons. The molecule has 2 atom stereocenters. The van der Waals surface area contributed by atoms with Crippen molar-refractivity contribution in [2.75, 3.05) is 14.2 Å². The molecule has 0 aromatic heterocycles.